The second-order valence-corrected chi connectivity index (χ2v) is 6.70. The van der Waals surface area contributed by atoms with Crippen LogP contribution in [0, 0.1) is 0 Å². The minimum atomic E-state index is 0.00890. The molecule has 2 aromatic carbocycles. The number of amides is 1. The van der Waals surface area contributed by atoms with Gasteiger partial charge in [-0.05, 0) is 24.3 Å². The summed E-state index contributed by atoms with van der Waals surface area (Å²) in [6.45, 7) is 4.29. The SMILES string of the molecule is COc1ccccc1N1CC[NH+](CC(=O)Nc2ccc3c(c2)OCO3)CC1. The minimum absolute atomic E-state index is 0.00890. The van der Waals surface area contributed by atoms with Crippen LogP contribution < -0.4 is 29.3 Å². The first kappa shape index (κ1) is 17.5. The molecule has 0 unspecified atom stereocenters. The third kappa shape index (κ3) is 3.93. The molecule has 0 bridgehead atoms. The third-order valence-electron chi connectivity index (χ3n) is 4.96. The Balaban J connectivity index is 1.29. The first-order valence-electron chi connectivity index (χ1n) is 9.14. The topological polar surface area (TPSA) is 64.5 Å². The standard InChI is InChI=1S/C20H23N3O4/c1-25-17-5-3-2-4-16(17)23-10-8-22(9-11-23)13-20(24)21-15-6-7-18-19(12-15)27-14-26-18/h2-7,12H,8-11,13-14H2,1H3,(H,21,24)/p+1. The maximum atomic E-state index is 12.4. The number of fused-ring (bicyclic) bond motifs is 1. The molecule has 0 atom stereocenters. The number of carbonyl (C=O) groups excluding carboxylic acids is 1. The van der Waals surface area contributed by atoms with Gasteiger partial charge in [-0.15, -0.1) is 0 Å². The quantitative estimate of drug-likeness (QED) is 0.814. The van der Waals surface area contributed by atoms with Gasteiger partial charge in [0.1, 0.15) is 5.75 Å². The van der Waals surface area contributed by atoms with Crippen molar-refractivity contribution in [1.29, 1.82) is 0 Å². The van der Waals surface area contributed by atoms with Gasteiger partial charge in [0.15, 0.2) is 18.0 Å². The minimum Gasteiger partial charge on any atom is -0.495 e. The monoisotopic (exact) mass is 370 g/mol. The van der Waals surface area contributed by atoms with Crippen molar-refractivity contribution in [2.24, 2.45) is 0 Å². The Hall–Kier alpha value is -2.93. The number of ether oxygens (including phenoxy) is 3. The van der Waals surface area contributed by atoms with E-state index in [-0.39, 0.29) is 12.7 Å². The summed E-state index contributed by atoms with van der Waals surface area (Å²) in [5.41, 5.74) is 1.85. The van der Waals surface area contributed by atoms with Gasteiger partial charge in [0.05, 0.1) is 39.0 Å². The van der Waals surface area contributed by atoms with E-state index >= 15 is 0 Å². The molecule has 142 valence electrons. The van der Waals surface area contributed by atoms with Gasteiger partial charge in [0.2, 0.25) is 6.79 Å². The van der Waals surface area contributed by atoms with Gasteiger partial charge in [0, 0.05) is 11.8 Å². The molecule has 4 rings (SSSR count). The number of benzene rings is 2. The van der Waals surface area contributed by atoms with Crippen LogP contribution in [0.25, 0.3) is 0 Å². The zero-order valence-electron chi connectivity index (χ0n) is 15.4. The molecule has 2 heterocycles. The summed E-state index contributed by atoms with van der Waals surface area (Å²) in [5.74, 6) is 2.28. The molecule has 1 amide bonds. The number of para-hydroxylation sites is 2. The highest BCUT2D eigenvalue weighted by atomic mass is 16.7. The lowest BCUT2D eigenvalue weighted by Gasteiger charge is -2.34. The van der Waals surface area contributed by atoms with E-state index < -0.39 is 0 Å². The maximum Gasteiger partial charge on any atom is 0.279 e. The first-order valence-corrected chi connectivity index (χ1v) is 9.14. The van der Waals surface area contributed by atoms with E-state index in [1.807, 2.05) is 30.3 Å². The Morgan fingerprint density at radius 3 is 2.74 bits per heavy atom. The van der Waals surface area contributed by atoms with Gasteiger partial charge in [0.25, 0.3) is 5.91 Å². The van der Waals surface area contributed by atoms with Crippen LogP contribution in [-0.2, 0) is 4.79 Å². The van der Waals surface area contributed by atoms with E-state index in [0.717, 1.165) is 43.3 Å². The van der Waals surface area contributed by atoms with E-state index in [0.29, 0.717) is 18.0 Å². The largest absolute Gasteiger partial charge is 0.495 e. The molecule has 0 spiro atoms. The average Bonchev–Trinajstić information content (AvgIpc) is 3.16. The Morgan fingerprint density at radius 2 is 1.93 bits per heavy atom. The molecular formula is C20H24N3O4+. The van der Waals surface area contributed by atoms with Crippen LogP contribution in [-0.4, -0.2) is 52.5 Å². The molecule has 2 aliphatic rings. The molecular weight excluding hydrogens is 346 g/mol. The van der Waals surface area contributed by atoms with Crippen molar-refractivity contribution in [3.8, 4) is 17.2 Å². The number of quaternary nitrogens is 1. The predicted octanol–water partition coefficient (Wildman–Crippen LogP) is 0.768. The molecule has 27 heavy (non-hydrogen) atoms. The molecule has 7 heteroatoms. The number of nitrogens with one attached hydrogen (secondary N) is 2. The number of piperazine rings is 1. The number of methoxy groups -OCH3 is 1. The van der Waals surface area contributed by atoms with Gasteiger partial charge < -0.3 is 29.3 Å². The third-order valence-corrected chi connectivity index (χ3v) is 4.96. The summed E-state index contributed by atoms with van der Waals surface area (Å²) in [6.07, 6.45) is 0. The molecule has 1 saturated heterocycles. The number of nitrogens with zero attached hydrogens (tertiary/aromatic N) is 1. The number of hydrogen-bond acceptors (Lipinski definition) is 5. The summed E-state index contributed by atoms with van der Waals surface area (Å²) in [4.78, 5) is 16.0. The molecule has 2 N–H and O–H groups in total. The van der Waals surface area contributed by atoms with Crippen LogP contribution in [0.15, 0.2) is 42.5 Å². The zero-order chi connectivity index (χ0) is 18.6. The normalized spacial score (nSPS) is 16.3. The molecule has 0 radical (unpaired) electrons. The summed E-state index contributed by atoms with van der Waals surface area (Å²) in [7, 11) is 1.70. The molecule has 0 aromatic heterocycles. The van der Waals surface area contributed by atoms with Crippen LogP contribution in [0.4, 0.5) is 11.4 Å². The van der Waals surface area contributed by atoms with Crippen LogP contribution in [0.5, 0.6) is 17.2 Å². The molecule has 1 fully saturated rings. The van der Waals surface area contributed by atoms with Crippen molar-refractivity contribution in [3.63, 3.8) is 0 Å². The number of rotatable bonds is 5. The highest BCUT2D eigenvalue weighted by Crippen LogP contribution is 2.34. The summed E-state index contributed by atoms with van der Waals surface area (Å²) < 4.78 is 16.1. The summed E-state index contributed by atoms with van der Waals surface area (Å²) in [5, 5.41) is 2.95. The average molecular weight is 370 g/mol. The van der Waals surface area contributed by atoms with Gasteiger partial charge >= 0.3 is 0 Å². The van der Waals surface area contributed by atoms with Crippen LogP contribution >= 0.6 is 0 Å². The number of anilines is 2. The number of carbonyl (C=O) groups is 1. The van der Waals surface area contributed by atoms with Crippen molar-refractivity contribution in [2.75, 3.05) is 56.8 Å². The van der Waals surface area contributed by atoms with Crippen molar-refractivity contribution in [2.45, 2.75) is 0 Å². The van der Waals surface area contributed by atoms with Crippen LogP contribution in [0.2, 0.25) is 0 Å². The lowest BCUT2D eigenvalue weighted by molar-refractivity contribution is -0.892. The number of hydrogen-bond donors (Lipinski definition) is 2. The molecule has 7 nitrogen and oxygen atoms in total. The second-order valence-electron chi connectivity index (χ2n) is 6.70. The van der Waals surface area contributed by atoms with Crippen molar-refractivity contribution in [1.82, 2.24) is 0 Å². The lowest BCUT2D eigenvalue weighted by atomic mass is 10.2. The fraction of sp³-hybridized carbons (Fsp3) is 0.350. The molecule has 0 aliphatic carbocycles. The zero-order valence-corrected chi connectivity index (χ0v) is 15.4. The van der Waals surface area contributed by atoms with Crippen molar-refractivity contribution in [3.05, 3.63) is 42.5 Å². The Kier molecular flexibility index (Phi) is 5.02. The summed E-state index contributed by atoms with van der Waals surface area (Å²) in [6, 6.07) is 13.5. The van der Waals surface area contributed by atoms with Crippen LogP contribution in [0.3, 0.4) is 0 Å². The van der Waals surface area contributed by atoms with Gasteiger partial charge in [-0.25, -0.2) is 0 Å². The van der Waals surface area contributed by atoms with Crippen molar-refractivity contribution < 1.29 is 23.9 Å². The lowest BCUT2D eigenvalue weighted by Crippen LogP contribution is -3.15. The fourth-order valence-electron chi connectivity index (χ4n) is 3.54. The molecule has 2 aromatic rings. The highest BCUT2D eigenvalue weighted by Gasteiger charge is 2.24. The van der Waals surface area contributed by atoms with Gasteiger partial charge in [-0.3, -0.25) is 4.79 Å². The fourth-order valence-corrected chi connectivity index (χ4v) is 3.54. The molecule has 0 saturated carbocycles. The Bertz CT molecular complexity index is 819. The predicted molar refractivity (Wildman–Crippen MR) is 102 cm³/mol. The van der Waals surface area contributed by atoms with Gasteiger partial charge in [-0.1, -0.05) is 12.1 Å². The van der Waals surface area contributed by atoms with E-state index in [4.69, 9.17) is 14.2 Å². The smallest absolute Gasteiger partial charge is 0.279 e. The summed E-state index contributed by atoms with van der Waals surface area (Å²) >= 11 is 0. The Labute approximate surface area is 158 Å². The van der Waals surface area contributed by atoms with Crippen molar-refractivity contribution >= 4 is 17.3 Å². The highest BCUT2D eigenvalue weighted by molar-refractivity contribution is 5.91. The maximum absolute atomic E-state index is 12.4. The van der Waals surface area contributed by atoms with Gasteiger partial charge in [-0.2, -0.15) is 0 Å². The van der Waals surface area contributed by atoms with E-state index in [1.165, 1.54) is 4.90 Å². The second kappa shape index (κ2) is 7.75. The van der Waals surface area contributed by atoms with E-state index in [1.54, 1.807) is 13.2 Å². The van der Waals surface area contributed by atoms with Crippen LogP contribution in [0.1, 0.15) is 0 Å². The first-order chi connectivity index (χ1) is 13.2. The van der Waals surface area contributed by atoms with E-state index in [2.05, 4.69) is 16.3 Å². The molecule has 2 aliphatic heterocycles. The Morgan fingerprint density at radius 1 is 1.15 bits per heavy atom. The van der Waals surface area contributed by atoms with E-state index in [9.17, 15) is 4.79 Å².